The molecule has 0 aromatic carbocycles. The molecule has 2 unspecified atom stereocenters. The van der Waals surface area contributed by atoms with Crippen molar-refractivity contribution in [1.82, 2.24) is 9.55 Å². The Labute approximate surface area is 87.5 Å². The van der Waals surface area contributed by atoms with Crippen molar-refractivity contribution in [1.29, 1.82) is 0 Å². The third kappa shape index (κ3) is 1.66. The SMILES string of the molecule is CC(C)n1cncc1C1CC1CBr. The predicted octanol–water partition coefficient (Wildman–Crippen LogP) is 2.96. The maximum absolute atomic E-state index is 4.22. The lowest BCUT2D eigenvalue weighted by Crippen LogP contribution is -2.03. The number of imidazole rings is 1. The summed E-state index contributed by atoms with van der Waals surface area (Å²) in [6.07, 6.45) is 5.29. The summed E-state index contributed by atoms with van der Waals surface area (Å²) in [5.41, 5.74) is 1.42. The molecule has 72 valence electrons. The Hall–Kier alpha value is -0.310. The number of rotatable bonds is 3. The van der Waals surface area contributed by atoms with Crippen LogP contribution in [0.1, 0.15) is 37.9 Å². The predicted molar refractivity (Wildman–Crippen MR) is 57.3 cm³/mol. The molecule has 1 saturated carbocycles. The first-order chi connectivity index (χ1) is 6.24. The Morgan fingerprint density at radius 3 is 3.00 bits per heavy atom. The van der Waals surface area contributed by atoms with Crippen LogP contribution in [0.4, 0.5) is 0 Å². The first kappa shape index (κ1) is 9.25. The Balaban J connectivity index is 2.17. The standard InChI is InChI=1S/C10H15BrN2/c1-7(2)13-6-12-5-10(13)9-3-8(9)4-11/h5-9H,3-4H2,1-2H3. The minimum Gasteiger partial charge on any atom is -0.332 e. The van der Waals surface area contributed by atoms with Crippen molar-refractivity contribution in [3.05, 3.63) is 18.2 Å². The lowest BCUT2D eigenvalue weighted by atomic mass is 10.2. The van der Waals surface area contributed by atoms with Crippen LogP contribution in [-0.2, 0) is 0 Å². The molecule has 1 heterocycles. The van der Waals surface area contributed by atoms with Crippen molar-refractivity contribution in [2.24, 2.45) is 5.92 Å². The molecule has 1 aliphatic carbocycles. The smallest absolute Gasteiger partial charge is 0.0950 e. The number of halogens is 1. The molecule has 0 amide bonds. The fourth-order valence-electron chi connectivity index (χ4n) is 1.81. The summed E-state index contributed by atoms with van der Waals surface area (Å²) < 4.78 is 2.29. The average Bonchev–Trinajstić information content (AvgIpc) is 2.72. The number of nitrogens with zero attached hydrogens (tertiary/aromatic N) is 2. The average molecular weight is 243 g/mol. The molecule has 3 heteroatoms. The molecule has 0 radical (unpaired) electrons. The molecule has 2 atom stereocenters. The Morgan fingerprint density at radius 1 is 1.69 bits per heavy atom. The van der Waals surface area contributed by atoms with E-state index >= 15 is 0 Å². The van der Waals surface area contributed by atoms with Crippen LogP contribution in [0, 0.1) is 5.92 Å². The van der Waals surface area contributed by atoms with Gasteiger partial charge in [-0.3, -0.25) is 0 Å². The molecule has 1 fully saturated rings. The van der Waals surface area contributed by atoms with Crippen molar-refractivity contribution in [2.45, 2.75) is 32.2 Å². The Kier molecular flexibility index (Phi) is 2.45. The molecule has 0 aliphatic heterocycles. The van der Waals surface area contributed by atoms with E-state index in [2.05, 4.69) is 39.3 Å². The highest BCUT2D eigenvalue weighted by atomic mass is 79.9. The van der Waals surface area contributed by atoms with E-state index in [1.807, 2.05) is 12.5 Å². The second-order valence-corrected chi connectivity index (χ2v) is 4.72. The molecule has 0 bridgehead atoms. The van der Waals surface area contributed by atoms with Gasteiger partial charge in [0.05, 0.1) is 6.33 Å². The molecule has 1 aromatic heterocycles. The second kappa shape index (κ2) is 3.45. The van der Waals surface area contributed by atoms with E-state index in [0.717, 1.165) is 17.2 Å². The van der Waals surface area contributed by atoms with Gasteiger partial charge in [0.15, 0.2) is 0 Å². The van der Waals surface area contributed by atoms with Gasteiger partial charge in [-0.15, -0.1) is 0 Å². The summed E-state index contributed by atoms with van der Waals surface area (Å²) in [5.74, 6) is 1.60. The van der Waals surface area contributed by atoms with Crippen LogP contribution < -0.4 is 0 Å². The molecule has 13 heavy (non-hydrogen) atoms. The zero-order chi connectivity index (χ0) is 9.42. The summed E-state index contributed by atoms with van der Waals surface area (Å²) in [5, 5.41) is 1.13. The van der Waals surface area contributed by atoms with Crippen molar-refractivity contribution in [3.8, 4) is 0 Å². The van der Waals surface area contributed by atoms with Crippen molar-refractivity contribution >= 4 is 15.9 Å². The molecular weight excluding hydrogens is 228 g/mol. The molecule has 0 N–H and O–H groups in total. The van der Waals surface area contributed by atoms with Crippen LogP contribution >= 0.6 is 15.9 Å². The first-order valence-electron chi connectivity index (χ1n) is 4.81. The second-order valence-electron chi connectivity index (χ2n) is 4.08. The van der Waals surface area contributed by atoms with Gasteiger partial charge in [0.1, 0.15) is 0 Å². The number of alkyl halides is 1. The van der Waals surface area contributed by atoms with Crippen LogP contribution in [0.2, 0.25) is 0 Å². The maximum Gasteiger partial charge on any atom is 0.0950 e. The highest BCUT2D eigenvalue weighted by Crippen LogP contribution is 2.48. The lowest BCUT2D eigenvalue weighted by molar-refractivity contribution is 0.571. The highest BCUT2D eigenvalue weighted by molar-refractivity contribution is 9.09. The summed E-state index contributed by atoms with van der Waals surface area (Å²) in [4.78, 5) is 4.22. The molecule has 0 spiro atoms. The molecule has 2 nitrogen and oxygen atoms in total. The minimum absolute atomic E-state index is 0.536. The Bertz CT molecular complexity index is 293. The Morgan fingerprint density at radius 2 is 2.46 bits per heavy atom. The number of hydrogen-bond acceptors (Lipinski definition) is 1. The molecule has 2 rings (SSSR count). The van der Waals surface area contributed by atoms with Gasteiger partial charge < -0.3 is 4.57 Å². The summed E-state index contributed by atoms with van der Waals surface area (Å²) >= 11 is 3.53. The van der Waals surface area contributed by atoms with E-state index in [0.29, 0.717) is 6.04 Å². The van der Waals surface area contributed by atoms with Gasteiger partial charge in [-0.05, 0) is 26.2 Å². The third-order valence-electron chi connectivity index (χ3n) is 2.75. The van der Waals surface area contributed by atoms with Crippen molar-refractivity contribution in [2.75, 3.05) is 5.33 Å². The van der Waals surface area contributed by atoms with Gasteiger partial charge >= 0.3 is 0 Å². The van der Waals surface area contributed by atoms with E-state index in [4.69, 9.17) is 0 Å². The fraction of sp³-hybridized carbons (Fsp3) is 0.700. The highest BCUT2D eigenvalue weighted by Gasteiger charge is 2.39. The van der Waals surface area contributed by atoms with Gasteiger partial charge in [-0.2, -0.15) is 0 Å². The lowest BCUT2D eigenvalue weighted by Gasteiger charge is -2.10. The largest absolute Gasteiger partial charge is 0.332 e. The molecule has 0 saturated heterocycles. The topological polar surface area (TPSA) is 17.8 Å². The summed E-state index contributed by atoms with van der Waals surface area (Å²) in [7, 11) is 0. The van der Waals surface area contributed by atoms with Crippen molar-refractivity contribution < 1.29 is 0 Å². The van der Waals surface area contributed by atoms with Crippen LogP contribution in [0.15, 0.2) is 12.5 Å². The van der Waals surface area contributed by atoms with Gasteiger partial charge in [-0.25, -0.2) is 4.98 Å². The first-order valence-corrected chi connectivity index (χ1v) is 5.94. The molecular formula is C10H15BrN2. The monoisotopic (exact) mass is 242 g/mol. The zero-order valence-corrected chi connectivity index (χ0v) is 9.66. The quantitative estimate of drug-likeness (QED) is 0.746. The zero-order valence-electron chi connectivity index (χ0n) is 8.07. The van der Waals surface area contributed by atoms with Crippen LogP contribution in [-0.4, -0.2) is 14.9 Å². The van der Waals surface area contributed by atoms with Gasteiger partial charge in [0.2, 0.25) is 0 Å². The molecule has 1 aliphatic rings. The van der Waals surface area contributed by atoms with Gasteiger partial charge in [0.25, 0.3) is 0 Å². The minimum atomic E-state index is 0.536. The van der Waals surface area contributed by atoms with E-state index in [-0.39, 0.29) is 0 Å². The maximum atomic E-state index is 4.22. The molecule has 1 aromatic rings. The number of aromatic nitrogens is 2. The van der Waals surface area contributed by atoms with E-state index in [1.165, 1.54) is 12.1 Å². The van der Waals surface area contributed by atoms with Gasteiger partial charge in [0, 0.05) is 29.2 Å². The van der Waals surface area contributed by atoms with Crippen LogP contribution in [0.5, 0.6) is 0 Å². The van der Waals surface area contributed by atoms with Crippen LogP contribution in [0.25, 0.3) is 0 Å². The van der Waals surface area contributed by atoms with Crippen molar-refractivity contribution in [3.63, 3.8) is 0 Å². The number of hydrogen-bond donors (Lipinski definition) is 0. The van der Waals surface area contributed by atoms with E-state index < -0.39 is 0 Å². The third-order valence-corrected chi connectivity index (χ3v) is 3.58. The summed E-state index contributed by atoms with van der Waals surface area (Å²) in [6, 6.07) is 0.536. The normalized spacial score (nSPS) is 26.8. The fourth-order valence-corrected chi connectivity index (χ4v) is 2.53. The summed E-state index contributed by atoms with van der Waals surface area (Å²) in [6.45, 7) is 4.41. The van der Waals surface area contributed by atoms with Gasteiger partial charge in [-0.1, -0.05) is 15.9 Å². The van der Waals surface area contributed by atoms with E-state index in [9.17, 15) is 0 Å². The van der Waals surface area contributed by atoms with Crippen LogP contribution in [0.3, 0.4) is 0 Å². The van der Waals surface area contributed by atoms with E-state index in [1.54, 1.807) is 0 Å².